The molecule has 0 radical (unpaired) electrons. The molecule has 2 rings (SSSR count). The summed E-state index contributed by atoms with van der Waals surface area (Å²) in [6.45, 7) is 2.65. The van der Waals surface area contributed by atoms with E-state index in [1.807, 2.05) is 0 Å². The third kappa shape index (κ3) is 2.40. The van der Waals surface area contributed by atoms with Crippen molar-refractivity contribution in [3.63, 3.8) is 0 Å². The zero-order valence-electron chi connectivity index (χ0n) is 9.02. The van der Waals surface area contributed by atoms with Crippen LogP contribution in [0, 0.1) is 6.92 Å². The van der Waals surface area contributed by atoms with Crippen molar-refractivity contribution in [3.8, 4) is 0 Å². The van der Waals surface area contributed by atoms with Crippen LogP contribution < -0.4 is 5.32 Å². The number of amides is 1. The number of rotatable bonds is 3. The fourth-order valence-electron chi connectivity index (χ4n) is 1.54. The van der Waals surface area contributed by atoms with Crippen LogP contribution in [0.2, 0.25) is 0 Å². The Balaban J connectivity index is 1.88. The minimum atomic E-state index is -0.950. The SMILES string of the molecule is Cc1cc(C(=O)NC[C@@]2(O)CCOC2)no1. The Morgan fingerprint density at radius 3 is 3.12 bits per heavy atom. The molecule has 1 amide bonds. The van der Waals surface area contributed by atoms with Crippen LogP contribution in [-0.2, 0) is 4.74 Å². The molecule has 1 saturated heterocycles. The van der Waals surface area contributed by atoms with Crippen LogP contribution in [0.1, 0.15) is 22.7 Å². The van der Waals surface area contributed by atoms with Gasteiger partial charge in [0.15, 0.2) is 5.69 Å². The molecule has 88 valence electrons. The average molecular weight is 226 g/mol. The molecule has 0 aromatic carbocycles. The minimum Gasteiger partial charge on any atom is -0.386 e. The summed E-state index contributed by atoms with van der Waals surface area (Å²) < 4.78 is 9.85. The second kappa shape index (κ2) is 4.23. The molecule has 2 heterocycles. The van der Waals surface area contributed by atoms with E-state index < -0.39 is 5.60 Å². The highest BCUT2D eigenvalue weighted by Gasteiger charge is 2.32. The predicted molar refractivity (Wildman–Crippen MR) is 54.0 cm³/mol. The molecule has 6 heteroatoms. The number of hydrogen-bond donors (Lipinski definition) is 2. The number of ether oxygens (including phenoxy) is 1. The van der Waals surface area contributed by atoms with Gasteiger partial charge in [-0.25, -0.2) is 0 Å². The molecule has 2 N–H and O–H groups in total. The molecule has 0 spiro atoms. The third-order valence-electron chi connectivity index (χ3n) is 2.52. The van der Waals surface area contributed by atoms with Gasteiger partial charge in [0.1, 0.15) is 11.4 Å². The number of nitrogens with one attached hydrogen (secondary N) is 1. The molecule has 0 aliphatic carbocycles. The second-order valence-electron chi connectivity index (χ2n) is 4.03. The number of carbonyl (C=O) groups is 1. The first-order chi connectivity index (χ1) is 7.59. The number of carbonyl (C=O) groups excluding carboxylic acids is 1. The van der Waals surface area contributed by atoms with E-state index in [4.69, 9.17) is 9.26 Å². The maximum Gasteiger partial charge on any atom is 0.273 e. The highest BCUT2D eigenvalue weighted by molar-refractivity contribution is 5.92. The van der Waals surface area contributed by atoms with Crippen molar-refractivity contribution in [1.29, 1.82) is 0 Å². The molecule has 16 heavy (non-hydrogen) atoms. The molecule has 0 bridgehead atoms. The van der Waals surface area contributed by atoms with Gasteiger partial charge in [-0.05, 0) is 6.92 Å². The van der Waals surface area contributed by atoms with Gasteiger partial charge in [0.2, 0.25) is 0 Å². The Hall–Kier alpha value is -1.40. The van der Waals surface area contributed by atoms with Gasteiger partial charge < -0.3 is 19.7 Å². The molecule has 0 saturated carbocycles. The van der Waals surface area contributed by atoms with Gasteiger partial charge in [0.05, 0.1) is 6.61 Å². The molecular formula is C10H14N2O4. The Bertz CT molecular complexity index is 382. The first-order valence-corrected chi connectivity index (χ1v) is 5.11. The van der Waals surface area contributed by atoms with Gasteiger partial charge in [0, 0.05) is 25.6 Å². The van der Waals surface area contributed by atoms with Gasteiger partial charge >= 0.3 is 0 Å². The lowest BCUT2D eigenvalue weighted by atomic mass is 10.0. The highest BCUT2D eigenvalue weighted by atomic mass is 16.5. The first-order valence-electron chi connectivity index (χ1n) is 5.11. The van der Waals surface area contributed by atoms with Crippen LogP contribution in [0.5, 0.6) is 0 Å². The summed E-state index contributed by atoms with van der Waals surface area (Å²) in [7, 11) is 0. The highest BCUT2D eigenvalue weighted by Crippen LogP contribution is 2.17. The summed E-state index contributed by atoms with van der Waals surface area (Å²) >= 11 is 0. The van der Waals surface area contributed by atoms with E-state index in [9.17, 15) is 9.90 Å². The predicted octanol–water partition coefficient (Wildman–Crippen LogP) is -0.136. The molecule has 1 aliphatic rings. The van der Waals surface area contributed by atoms with Crippen LogP contribution in [0.3, 0.4) is 0 Å². The molecule has 1 aromatic heterocycles. The lowest BCUT2D eigenvalue weighted by molar-refractivity contribution is 0.0263. The quantitative estimate of drug-likeness (QED) is 0.749. The fraction of sp³-hybridized carbons (Fsp3) is 0.600. The van der Waals surface area contributed by atoms with Crippen LogP contribution >= 0.6 is 0 Å². The standard InChI is InChI=1S/C10H14N2O4/c1-7-4-8(12-16-7)9(13)11-5-10(14)2-3-15-6-10/h4,14H,2-3,5-6H2,1H3,(H,11,13)/t10-/m0/s1. The van der Waals surface area contributed by atoms with Crippen LogP contribution in [-0.4, -0.2) is 41.5 Å². The van der Waals surface area contributed by atoms with Crippen molar-refractivity contribution in [1.82, 2.24) is 10.5 Å². The number of nitrogens with zero attached hydrogens (tertiary/aromatic N) is 1. The van der Waals surface area contributed by atoms with Gasteiger partial charge in [-0.1, -0.05) is 5.16 Å². The maximum atomic E-state index is 11.6. The van der Waals surface area contributed by atoms with Crippen molar-refractivity contribution in [2.75, 3.05) is 19.8 Å². The molecule has 6 nitrogen and oxygen atoms in total. The zero-order valence-corrected chi connectivity index (χ0v) is 9.02. The van der Waals surface area contributed by atoms with Gasteiger partial charge in [0.25, 0.3) is 5.91 Å². The number of aromatic nitrogens is 1. The summed E-state index contributed by atoms with van der Waals surface area (Å²) in [6, 6.07) is 1.55. The van der Waals surface area contributed by atoms with Crippen LogP contribution in [0.15, 0.2) is 10.6 Å². The molecule has 1 aliphatic heterocycles. The topological polar surface area (TPSA) is 84.6 Å². The normalized spacial score (nSPS) is 24.6. The first kappa shape index (κ1) is 11.1. The second-order valence-corrected chi connectivity index (χ2v) is 4.03. The average Bonchev–Trinajstić information content (AvgIpc) is 2.85. The summed E-state index contributed by atoms with van der Waals surface area (Å²) in [5.74, 6) is 0.227. The van der Waals surface area contributed by atoms with Crippen molar-refractivity contribution >= 4 is 5.91 Å². The largest absolute Gasteiger partial charge is 0.386 e. The van der Waals surface area contributed by atoms with Crippen molar-refractivity contribution in [2.45, 2.75) is 18.9 Å². The molecule has 0 unspecified atom stereocenters. The molecular weight excluding hydrogens is 212 g/mol. The smallest absolute Gasteiger partial charge is 0.273 e. The van der Waals surface area contributed by atoms with Crippen molar-refractivity contribution in [2.24, 2.45) is 0 Å². The summed E-state index contributed by atoms with van der Waals surface area (Å²) in [6.07, 6.45) is 0.533. The summed E-state index contributed by atoms with van der Waals surface area (Å²) in [5.41, 5.74) is -0.728. The Labute approximate surface area is 92.6 Å². The van der Waals surface area contributed by atoms with Gasteiger partial charge in [-0.3, -0.25) is 4.79 Å². The molecule has 1 atom stereocenters. The van der Waals surface area contributed by atoms with Crippen molar-refractivity contribution in [3.05, 3.63) is 17.5 Å². The van der Waals surface area contributed by atoms with Crippen LogP contribution in [0.4, 0.5) is 0 Å². The number of hydrogen-bond acceptors (Lipinski definition) is 5. The van der Waals surface area contributed by atoms with E-state index in [2.05, 4.69) is 10.5 Å². The van der Waals surface area contributed by atoms with E-state index in [-0.39, 0.29) is 24.8 Å². The summed E-state index contributed by atoms with van der Waals surface area (Å²) in [5, 5.41) is 16.1. The van der Waals surface area contributed by atoms with E-state index >= 15 is 0 Å². The monoisotopic (exact) mass is 226 g/mol. The Morgan fingerprint density at radius 1 is 1.75 bits per heavy atom. The lowest BCUT2D eigenvalue weighted by Gasteiger charge is -2.19. The van der Waals surface area contributed by atoms with E-state index in [1.165, 1.54) is 0 Å². The molecule has 1 aromatic rings. The number of aryl methyl sites for hydroxylation is 1. The minimum absolute atomic E-state index is 0.164. The summed E-state index contributed by atoms with van der Waals surface area (Å²) in [4.78, 5) is 11.6. The van der Waals surface area contributed by atoms with Crippen molar-refractivity contribution < 1.29 is 19.2 Å². The third-order valence-corrected chi connectivity index (χ3v) is 2.52. The molecule has 1 fully saturated rings. The van der Waals surface area contributed by atoms with Gasteiger partial charge in [-0.2, -0.15) is 0 Å². The fourth-order valence-corrected chi connectivity index (χ4v) is 1.54. The zero-order chi connectivity index (χ0) is 11.6. The lowest BCUT2D eigenvalue weighted by Crippen LogP contribution is -2.43. The van der Waals surface area contributed by atoms with E-state index in [0.717, 1.165) is 0 Å². The Morgan fingerprint density at radius 2 is 2.56 bits per heavy atom. The van der Waals surface area contributed by atoms with E-state index in [1.54, 1.807) is 13.0 Å². The number of aliphatic hydroxyl groups is 1. The van der Waals surface area contributed by atoms with Crippen LogP contribution in [0.25, 0.3) is 0 Å². The van der Waals surface area contributed by atoms with E-state index in [0.29, 0.717) is 18.8 Å². The van der Waals surface area contributed by atoms with Gasteiger partial charge in [-0.15, -0.1) is 0 Å². The Kier molecular flexibility index (Phi) is 2.93. The maximum absolute atomic E-state index is 11.6.